The van der Waals surface area contributed by atoms with Crippen LogP contribution in [0.25, 0.3) is 0 Å². The van der Waals surface area contributed by atoms with E-state index in [1.807, 2.05) is 30.3 Å². The maximum atomic E-state index is 13.0. The summed E-state index contributed by atoms with van der Waals surface area (Å²) in [4.78, 5) is 14.0. The molecule has 4 nitrogen and oxygen atoms in total. The van der Waals surface area contributed by atoms with E-state index in [9.17, 15) is 9.18 Å². The SMILES string of the molecule is O=C(NCc1ccccc1)N1CCOC(c2ccc(F)cc2)C1. The van der Waals surface area contributed by atoms with E-state index in [2.05, 4.69) is 5.32 Å². The lowest BCUT2D eigenvalue weighted by molar-refractivity contribution is -0.0155. The summed E-state index contributed by atoms with van der Waals surface area (Å²) in [5.41, 5.74) is 1.94. The highest BCUT2D eigenvalue weighted by molar-refractivity contribution is 5.74. The lowest BCUT2D eigenvalue weighted by Crippen LogP contribution is -2.46. The van der Waals surface area contributed by atoms with Crippen LogP contribution in [0.4, 0.5) is 9.18 Å². The standard InChI is InChI=1S/C18H19FN2O2/c19-16-8-6-15(7-9-16)17-13-21(10-11-23-17)18(22)20-12-14-4-2-1-3-5-14/h1-9,17H,10-13H2,(H,20,22). The highest BCUT2D eigenvalue weighted by Gasteiger charge is 2.25. The molecule has 0 spiro atoms. The Balaban J connectivity index is 1.57. The first kappa shape index (κ1) is 15.5. The van der Waals surface area contributed by atoms with E-state index in [1.54, 1.807) is 17.0 Å². The van der Waals surface area contributed by atoms with Gasteiger partial charge in [-0.25, -0.2) is 9.18 Å². The molecule has 2 amide bonds. The van der Waals surface area contributed by atoms with E-state index in [0.717, 1.165) is 11.1 Å². The molecule has 1 heterocycles. The summed E-state index contributed by atoms with van der Waals surface area (Å²) in [7, 11) is 0. The maximum absolute atomic E-state index is 13.0. The molecule has 2 aromatic rings. The van der Waals surface area contributed by atoms with Crippen molar-refractivity contribution in [2.45, 2.75) is 12.6 Å². The largest absolute Gasteiger partial charge is 0.370 e. The summed E-state index contributed by atoms with van der Waals surface area (Å²) in [6.45, 7) is 1.99. The van der Waals surface area contributed by atoms with Crippen molar-refractivity contribution in [3.63, 3.8) is 0 Å². The molecule has 0 aromatic heterocycles. The number of hydrogen-bond donors (Lipinski definition) is 1. The van der Waals surface area contributed by atoms with Crippen LogP contribution < -0.4 is 5.32 Å². The number of ether oxygens (including phenoxy) is 1. The number of benzene rings is 2. The van der Waals surface area contributed by atoms with Crippen LogP contribution in [0.3, 0.4) is 0 Å². The van der Waals surface area contributed by atoms with Crippen molar-refractivity contribution in [2.75, 3.05) is 19.7 Å². The number of carbonyl (C=O) groups is 1. The van der Waals surface area contributed by atoms with Gasteiger partial charge < -0.3 is 15.0 Å². The topological polar surface area (TPSA) is 41.6 Å². The molecule has 5 heteroatoms. The van der Waals surface area contributed by atoms with Crippen LogP contribution in [0.5, 0.6) is 0 Å². The van der Waals surface area contributed by atoms with Gasteiger partial charge in [0.15, 0.2) is 0 Å². The first-order valence-electron chi connectivity index (χ1n) is 7.66. The minimum absolute atomic E-state index is 0.107. The third-order valence-electron chi connectivity index (χ3n) is 3.88. The van der Waals surface area contributed by atoms with Crippen molar-refractivity contribution in [1.29, 1.82) is 0 Å². The zero-order valence-corrected chi connectivity index (χ0v) is 12.7. The van der Waals surface area contributed by atoms with Crippen molar-refractivity contribution < 1.29 is 13.9 Å². The Labute approximate surface area is 134 Å². The fraction of sp³-hybridized carbons (Fsp3) is 0.278. The minimum atomic E-state index is -0.276. The molecule has 0 radical (unpaired) electrons. The quantitative estimate of drug-likeness (QED) is 0.946. The predicted octanol–water partition coefficient (Wildman–Crippen LogP) is 3.11. The monoisotopic (exact) mass is 314 g/mol. The van der Waals surface area contributed by atoms with Gasteiger partial charge in [-0.15, -0.1) is 0 Å². The van der Waals surface area contributed by atoms with Crippen molar-refractivity contribution in [2.24, 2.45) is 0 Å². The molecule has 0 aliphatic carbocycles. The van der Waals surface area contributed by atoms with Crippen LogP contribution in [0.1, 0.15) is 17.2 Å². The highest BCUT2D eigenvalue weighted by Crippen LogP contribution is 2.22. The van der Waals surface area contributed by atoms with Crippen LogP contribution in [0.15, 0.2) is 54.6 Å². The van der Waals surface area contributed by atoms with E-state index in [1.165, 1.54) is 12.1 Å². The van der Waals surface area contributed by atoms with Gasteiger partial charge in [-0.3, -0.25) is 0 Å². The molecular formula is C18H19FN2O2. The predicted molar refractivity (Wildman–Crippen MR) is 85.3 cm³/mol. The lowest BCUT2D eigenvalue weighted by Gasteiger charge is -2.33. The molecule has 3 rings (SSSR count). The Kier molecular flexibility index (Phi) is 4.88. The van der Waals surface area contributed by atoms with E-state index < -0.39 is 0 Å². The second-order valence-corrected chi connectivity index (χ2v) is 5.50. The third-order valence-corrected chi connectivity index (χ3v) is 3.88. The summed E-state index contributed by atoms with van der Waals surface area (Å²) >= 11 is 0. The first-order valence-corrected chi connectivity index (χ1v) is 7.66. The fourth-order valence-corrected chi connectivity index (χ4v) is 2.60. The molecule has 0 saturated carbocycles. The fourth-order valence-electron chi connectivity index (χ4n) is 2.60. The molecule has 1 aliphatic rings. The maximum Gasteiger partial charge on any atom is 0.317 e. The number of rotatable bonds is 3. The van der Waals surface area contributed by atoms with Crippen LogP contribution in [-0.4, -0.2) is 30.6 Å². The summed E-state index contributed by atoms with van der Waals surface area (Å²) in [6.07, 6.45) is -0.216. The molecule has 1 aliphatic heterocycles. The lowest BCUT2D eigenvalue weighted by atomic mass is 10.1. The Bertz CT molecular complexity index is 646. The van der Waals surface area contributed by atoms with Gasteiger partial charge in [0.05, 0.1) is 13.2 Å². The second kappa shape index (κ2) is 7.24. The van der Waals surface area contributed by atoms with Gasteiger partial charge in [-0.05, 0) is 23.3 Å². The van der Waals surface area contributed by atoms with Gasteiger partial charge in [0, 0.05) is 13.1 Å². The van der Waals surface area contributed by atoms with Gasteiger partial charge in [0.25, 0.3) is 0 Å². The average molecular weight is 314 g/mol. The molecule has 1 fully saturated rings. The smallest absolute Gasteiger partial charge is 0.317 e. The van der Waals surface area contributed by atoms with Crippen LogP contribution in [0.2, 0.25) is 0 Å². The van der Waals surface area contributed by atoms with E-state index >= 15 is 0 Å². The Morgan fingerprint density at radius 1 is 1.17 bits per heavy atom. The molecular weight excluding hydrogens is 295 g/mol. The van der Waals surface area contributed by atoms with Crippen LogP contribution >= 0.6 is 0 Å². The number of carbonyl (C=O) groups excluding carboxylic acids is 1. The first-order chi connectivity index (χ1) is 11.2. The zero-order valence-electron chi connectivity index (χ0n) is 12.7. The summed E-state index contributed by atoms with van der Waals surface area (Å²) < 4.78 is 18.7. The summed E-state index contributed by atoms with van der Waals surface area (Å²) in [5, 5.41) is 2.92. The number of urea groups is 1. The van der Waals surface area contributed by atoms with Gasteiger partial charge in [0.2, 0.25) is 0 Å². The van der Waals surface area contributed by atoms with E-state index in [4.69, 9.17) is 4.74 Å². The van der Waals surface area contributed by atoms with Gasteiger partial charge in [-0.2, -0.15) is 0 Å². The minimum Gasteiger partial charge on any atom is -0.370 e. The molecule has 2 aromatic carbocycles. The number of morpholine rings is 1. The van der Waals surface area contributed by atoms with Gasteiger partial charge in [-0.1, -0.05) is 42.5 Å². The van der Waals surface area contributed by atoms with E-state index in [0.29, 0.717) is 26.2 Å². The van der Waals surface area contributed by atoms with Crippen molar-refractivity contribution in [3.8, 4) is 0 Å². The molecule has 23 heavy (non-hydrogen) atoms. The summed E-state index contributed by atoms with van der Waals surface area (Å²) in [6, 6.07) is 15.9. The van der Waals surface area contributed by atoms with Crippen molar-refractivity contribution in [3.05, 3.63) is 71.5 Å². The Morgan fingerprint density at radius 2 is 1.91 bits per heavy atom. The van der Waals surface area contributed by atoms with Crippen LogP contribution in [-0.2, 0) is 11.3 Å². The highest BCUT2D eigenvalue weighted by atomic mass is 19.1. The molecule has 1 unspecified atom stereocenters. The number of halogens is 1. The number of nitrogens with zero attached hydrogens (tertiary/aromatic N) is 1. The summed E-state index contributed by atoms with van der Waals surface area (Å²) in [5.74, 6) is -0.276. The zero-order chi connectivity index (χ0) is 16.1. The van der Waals surface area contributed by atoms with Crippen LogP contribution in [0, 0.1) is 5.82 Å². The average Bonchev–Trinajstić information content (AvgIpc) is 2.61. The molecule has 120 valence electrons. The number of nitrogens with one attached hydrogen (secondary N) is 1. The van der Waals surface area contributed by atoms with Gasteiger partial charge in [0.1, 0.15) is 11.9 Å². The van der Waals surface area contributed by atoms with Crippen molar-refractivity contribution >= 4 is 6.03 Å². The van der Waals surface area contributed by atoms with E-state index in [-0.39, 0.29) is 18.0 Å². The number of hydrogen-bond acceptors (Lipinski definition) is 2. The molecule has 1 atom stereocenters. The number of amides is 2. The van der Waals surface area contributed by atoms with Gasteiger partial charge >= 0.3 is 6.03 Å². The van der Waals surface area contributed by atoms with Crippen molar-refractivity contribution in [1.82, 2.24) is 10.2 Å². The molecule has 1 saturated heterocycles. The molecule has 0 bridgehead atoms. The second-order valence-electron chi connectivity index (χ2n) is 5.50. The normalized spacial score (nSPS) is 17.8. The Morgan fingerprint density at radius 3 is 2.65 bits per heavy atom. The third kappa shape index (κ3) is 4.07. The molecule has 1 N–H and O–H groups in total. The Hall–Kier alpha value is -2.40.